The van der Waals surface area contributed by atoms with Crippen molar-refractivity contribution < 1.29 is 9.53 Å². The number of nitrogens with zero attached hydrogens (tertiary/aromatic N) is 1. The van der Waals surface area contributed by atoms with E-state index in [9.17, 15) is 9.59 Å². The van der Waals surface area contributed by atoms with E-state index in [1.54, 1.807) is 12.1 Å². The SMILES string of the molecule is COC(=O)c1cc(=O)[nH]c(-c2ccccc2)n1. The number of esters is 1. The summed E-state index contributed by atoms with van der Waals surface area (Å²) in [7, 11) is 1.24. The largest absolute Gasteiger partial charge is 0.464 e. The maximum absolute atomic E-state index is 11.4. The van der Waals surface area contributed by atoms with Crippen molar-refractivity contribution in [2.45, 2.75) is 0 Å². The molecule has 1 N–H and O–H groups in total. The van der Waals surface area contributed by atoms with Gasteiger partial charge in [-0.25, -0.2) is 9.78 Å². The van der Waals surface area contributed by atoms with Crippen LogP contribution in [0.5, 0.6) is 0 Å². The first-order chi connectivity index (χ1) is 8.20. The third-order valence-electron chi connectivity index (χ3n) is 2.18. The minimum atomic E-state index is -0.631. The molecule has 0 aliphatic rings. The maximum atomic E-state index is 11.4. The lowest BCUT2D eigenvalue weighted by Crippen LogP contribution is -2.14. The first-order valence-electron chi connectivity index (χ1n) is 4.96. The summed E-state index contributed by atoms with van der Waals surface area (Å²) in [4.78, 5) is 29.3. The fourth-order valence-corrected chi connectivity index (χ4v) is 1.40. The zero-order valence-electron chi connectivity index (χ0n) is 9.14. The Labute approximate surface area is 97.1 Å². The number of rotatable bonds is 2. The standard InChI is InChI=1S/C12H10N2O3/c1-17-12(16)9-7-10(15)14-11(13-9)8-5-3-2-4-6-8/h2-7H,1H3,(H,13,14,15). The molecule has 0 spiro atoms. The van der Waals surface area contributed by atoms with Gasteiger partial charge in [0.25, 0.3) is 5.56 Å². The van der Waals surface area contributed by atoms with Crippen molar-refractivity contribution in [1.29, 1.82) is 0 Å². The first-order valence-corrected chi connectivity index (χ1v) is 4.96. The molecule has 5 heteroatoms. The van der Waals surface area contributed by atoms with E-state index in [0.717, 1.165) is 11.6 Å². The molecule has 0 unspecified atom stereocenters. The average Bonchev–Trinajstić information content (AvgIpc) is 2.38. The second-order valence-electron chi connectivity index (χ2n) is 3.34. The number of hydrogen-bond acceptors (Lipinski definition) is 4. The molecule has 0 atom stereocenters. The van der Waals surface area contributed by atoms with E-state index in [-0.39, 0.29) is 11.3 Å². The van der Waals surface area contributed by atoms with Crippen LogP contribution in [0.15, 0.2) is 41.2 Å². The number of H-pyrrole nitrogens is 1. The van der Waals surface area contributed by atoms with Crippen LogP contribution in [0.3, 0.4) is 0 Å². The molecule has 0 aliphatic carbocycles. The van der Waals surface area contributed by atoms with Crippen LogP contribution in [0.1, 0.15) is 10.5 Å². The van der Waals surface area contributed by atoms with Gasteiger partial charge >= 0.3 is 5.97 Å². The molecular weight excluding hydrogens is 220 g/mol. The van der Waals surface area contributed by atoms with Gasteiger partial charge in [-0.15, -0.1) is 0 Å². The van der Waals surface area contributed by atoms with E-state index in [4.69, 9.17) is 0 Å². The van der Waals surface area contributed by atoms with Gasteiger partial charge in [0, 0.05) is 11.6 Å². The molecule has 2 aromatic rings. The Hall–Kier alpha value is -2.43. The second-order valence-corrected chi connectivity index (χ2v) is 3.34. The van der Waals surface area contributed by atoms with Crippen LogP contribution in [0.4, 0.5) is 0 Å². The molecule has 0 amide bonds. The maximum Gasteiger partial charge on any atom is 0.356 e. The van der Waals surface area contributed by atoms with E-state index >= 15 is 0 Å². The van der Waals surface area contributed by atoms with Crippen LogP contribution in [-0.2, 0) is 4.74 Å². The Morgan fingerprint density at radius 2 is 2.00 bits per heavy atom. The zero-order chi connectivity index (χ0) is 12.3. The van der Waals surface area contributed by atoms with E-state index in [1.165, 1.54) is 7.11 Å². The van der Waals surface area contributed by atoms with Crippen molar-refractivity contribution in [3.63, 3.8) is 0 Å². The molecule has 0 bridgehead atoms. The highest BCUT2D eigenvalue weighted by atomic mass is 16.5. The smallest absolute Gasteiger partial charge is 0.356 e. The van der Waals surface area contributed by atoms with Crippen LogP contribution in [-0.4, -0.2) is 23.0 Å². The van der Waals surface area contributed by atoms with Crippen LogP contribution in [0.25, 0.3) is 11.4 Å². The van der Waals surface area contributed by atoms with Crippen molar-refractivity contribution in [2.24, 2.45) is 0 Å². The van der Waals surface area contributed by atoms with Gasteiger partial charge in [-0.2, -0.15) is 0 Å². The van der Waals surface area contributed by atoms with Crippen LogP contribution in [0, 0.1) is 0 Å². The highest BCUT2D eigenvalue weighted by Crippen LogP contribution is 2.12. The average molecular weight is 230 g/mol. The van der Waals surface area contributed by atoms with Gasteiger partial charge in [0.1, 0.15) is 5.82 Å². The summed E-state index contributed by atoms with van der Waals surface area (Å²) in [5.74, 6) is -0.285. The van der Waals surface area contributed by atoms with Gasteiger partial charge in [0.15, 0.2) is 5.69 Å². The van der Waals surface area contributed by atoms with E-state index in [0.29, 0.717) is 5.82 Å². The quantitative estimate of drug-likeness (QED) is 0.787. The molecule has 1 aromatic heterocycles. The van der Waals surface area contributed by atoms with Crippen LogP contribution < -0.4 is 5.56 Å². The van der Waals surface area contributed by atoms with Crippen molar-refractivity contribution in [3.05, 3.63) is 52.4 Å². The summed E-state index contributed by atoms with van der Waals surface area (Å²) in [5, 5.41) is 0. The number of methoxy groups -OCH3 is 1. The Morgan fingerprint density at radius 3 is 2.65 bits per heavy atom. The fourth-order valence-electron chi connectivity index (χ4n) is 1.40. The molecule has 5 nitrogen and oxygen atoms in total. The van der Waals surface area contributed by atoms with Gasteiger partial charge in [-0.1, -0.05) is 30.3 Å². The number of aromatic amines is 1. The number of aromatic nitrogens is 2. The minimum absolute atomic E-state index is 0.00453. The number of carbonyl (C=O) groups excluding carboxylic acids is 1. The van der Waals surface area contributed by atoms with Crippen molar-refractivity contribution in [1.82, 2.24) is 9.97 Å². The summed E-state index contributed by atoms with van der Waals surface area (Å²) < 4.78 is 4.53. The summed E-state index contributed by atoms with van der Waals surface area (Å²) >= 11 is 0. The third-order valence-corrected chi connectivity index (χ3v) is 2.18. The van der Waals surface area contributed by atoms with E-state index < -0.39 is 5.97 Å². The molecule has 0 aliphatic heterocycles. The lowest BCUT2D eigenvalue weighted by molar-refractivity contribution is 0.0594. The van der Waals surface area contributed by atoms with Crippen molar-refractivity contribution in [2.75, 3.05) is 7.11 Å². The molecule has 0 saturated carbocycles. The molecule has 17 heavy (non-hydrogen) atoms. The van der Waals surface area contributed by atoms with Gasteiger partial charge in [-0.3, -0.25) is 4.79 Å². The topological polar surface area (TPSA) is 72.1 Å². The summed E-state index contributed by atoms with van der Waals surface area (Å²) in [6.45, 7) is 0. The second kappa shape index (κ2) is 4.61. The number of ether oxygens (including phenoxy) is 1. The molecule has 0 radical (unpaired) electrons. The van der Waals surface area contributed by atoms with Crippen LogP contribution in [0.2, 0.25) is 0 Å². The van der Waals surface area contributed by atoms with E-state index in [1.807, 2.05) is 18.2 Å². The monoisotopic (exact) mass is 230 g/mol. The Bertz CT molecular complexity index is 590. The summed E-state index contributed by atoms with van der Waals surface area (Å²) in [6, 6.07) is 10.2. The minimum Gasteiger partial charge on any atom is -0.464 e. The molecule has 0 saturated heterocycles. The lowest BCUT2D eigenvalue weighted by atomic mass is 10.2. The van der Waals surface area contributed by atoms with Gasteiger partial charge in [-0.05, 0) is 0 Å². The van der Waals surface area contributed by atoms with Gasteiger partial charge in [0.05, 0.1) is 7.11 Å². The number of carbonyl (C=O) groups is 1. The van der Waals surface area contributed by atoms with Gasteiger partial charge in [0.2, 0.25) is 0 Å². The predicted octanol–water partition coefficient (Wildman–Crippen LogP) is 1.22. The molecular formula is C12H10N2O3. The van der Waals surface area contributed by atoms with E-state index in [2.05, 4.69) is 14.7 Å². The number of benzene rings is 1. The third kappa shape index (κ3) is 2.39. The summed E-state index contributed by atoms with van der Waals surface area (Å²) in [6.07, 6.45) is 0. The van der Waals surface area contributed by atoms with Gasteiger partial charge < -0.3 is 9.72 Å². The molecule has 0 fully saturated rings. The first kappa shape index (κ1) is 11.1. The fraction of sp³-hybridized carbons (Fsp3) is 0.0833. The molecule has 2 rings (SSSR count). The Balaban J connectivity index is 2.53. The number of nitrogens with one attached hydrogen (secondary N) is 1. The number of hydrogen-bond donors (Lipinski definition) is 1. The van der Waals surface area contributed by atoms with Crippen LogP contribution >= 0.6 is 0 Å². The highest BCUT2D eigenvalue weighted by molar-refractivity contribution is 5.87. The predicted molar refractivity (Wildman–Crippen MR) is 61.6 cm³/mol. The normalized spacial score (nSPS) is 9.94. The van der Waals surface area contributed by atoms with Crippen molar-refractivity contribution >= 4 is 5.97 Å². The Kier molecular flexibility index (Phi) is 3.00. The lowest BCUT2D eigenvalue weighted by Gasteiger charge is -2.02. The molecule has 1 heterocycles. The Morgan fingerprint density at radius 1 is 1.29 bits per heavy atom. The molecule has 1 aromatic carbocycles. The zero-order valence-corrected chi connectivity index (χ0v) is 9.14. The molecule has 86 valence electrons. The highest BCUT2D eigenvalue weighted by Gasteiger charge is 2.10. The van der Waals surface area contributed by atoms with Crippen molar-refractivity contribution in [3.8, 4) is 11.4 Å². The summed E-state index contributed by atoms with van der Waals surface area (Å²) in [5.41, 5.74) is 0.338.